The lowest BCUT2D eigenvalue weighted by molar-refractivity contribution is -0.143. The largest absolute Gasteiger partial charge is 0.480 e. The van der Waals surface area contributed by atoms with Gasteiger partial charge in [0.15, 0.2) is 0 Å². The number of benzene rings is 1. The maximum atomic E-state index is 12.5. The molecule has 1 aliphatic heterocycles. The van der Waals surface area contributed by atoms with Crippen LogP contribution in [0.15, 0.2) is 35.2 Å². The van der Waals surface area contributed by atoms with Crippen molar-refractivity contribution in [2.45, 2.75) is 18.9 Å². The standard InChI is InChI=1S/C17H17N3O5S2/c18-13(21)9-11(16(24)25)19-14(22)6-7-20-15(23)12(27-17(20)26)8-10-4-2-1-3-5-10/h1-5,8,11H,6-7,9H2,(H2,18,21)(H,19,22)(H,24,25). The molecule has 8 nitrogen and oxygen atoms in total. The van der Waals surface area contributed by atoms with Gasteiger partial charge in [0.05, 0.1) is 11.3 Å². The fourth-order valence-corrected chi connectivity index (χ4v) is 3.58. The number of thiocarbonyl (C=S) groups is 1. The summed E-state index contributed by atoms with van der Waals surface area (Å²) in [5, 5.41) is 11.2. The molecule has 1 heterocycles. The smallest absolute Gasteiger partial charge is 0.326 e. The molecule has 10 heteroatoms. The Morgan fingerprint density at radius 1 is 1.30 bits per heavy atom. The predicted molar refractivity (Wildman–Crippen MR) is 104 cm³/mol. The second-order valence-electron chi connectivity index (χ2n) is 5.62. The summed E-state index contributed by atoms with van der Waals surface area (Å²) in [6, 6.07) is 7.86. The van der Waals surface area contributed by atoms with Crippen LogP contribution in [0.25, 0.3) is 6.08 Å². The molecular formula is C17H17N3O5S2. The van der Waals surface area contributed by atoms with Gasteiger partial charge in [-0.25, -0.2) is 4.79 Å². The average molecular weight is 407 g/mol. The zero-order valence-corrected chi connectivity index (χ0v) is 15.7. The summed E-state index contributed by atoms with van der Waals surface area (Å²) in [5.74, 6) is -3.14. The van der Waals surface area contributed by atoms with E-state index in [9.17, 15) is 19.2 Å². The van der Waals surface area contributed by atoms with Crippen molar-refractivity contribution >= 4 is 58.1 Å². The molecule has 4 N–H and O–H groups in total. The monoisotopic (exact) mass is 407 g/mol. The maximum absolute atomic E-state index is 12.5. The number of thioether (sulfide) groups is 1. The Balaban J connectivity index is 1.95. The third-order valence-corrected chi connectivity index (χ3v) is 4.95. The molecule has 0 radical (unpaired) electrons. The van der Waals surface area contributed by atoms with Gasteiger partial charge in [-0.3, -0.25) is 19.3 Å². The Hall–Kier alpha value is -2.72. The molecule has 1 fully saturated rings. The van der Waals surface area contributed by atoms with E-state index in [0.29, 0.717) is 9.23 Å². The van der Waals surface area contributed by atoms with Crippen LogP contribution in [0.4, 0.5) is 0 Å². The lowest BCUT2D eigenvalue weighted by Crippen LogP contribution is -2.44. The van der Waals surface area contributed by atoms with Crippen molar-refractivity contribution in [1.29, 1.82) is 0 Å². The van der Waals surface area contributed by atoms with Crippen molar-refractivity contribution in [3.05, 3.63) is 40.8 Å². The van der Waals surface area contributed by atoms with Gasteiger partial charge in [-0.1, -0.05) is 54.3 Å². The third kappa shape index (κ3) is 5.90. The fraction of sp³-hybridized carbons (Fsp3) is 0.235. The number of nitrogens with one attached hydrogen (secondary N) is 1. The number of hydrogen-bond acceptors (Lipinski definition) is 6. The quantitative estimate of drug-likeness (QED) is 0.428. The highest BCUT2D eigenvalue weighted by atomic mass is 32.2. The number of carbonyl (C=O) groups excluding carboxylic acids is 3. The van der Waals surface area contributed by atoms with Crippen LogP contribution in [0.2, 0.25) is 0 Å². The molecular weight excluding hydrogens is 390 g/mol. The summed E-state index contributed by atoms with van der Waals surface area (Å²) in [6.45, 7) is 0.00550. The van der Waals surface area contributed by atoms with Crippen molar-refractivity contribution in [2.75, 3.05) is 6.54 Å². The Morgan fingerprint density at radius 2 is 1.96 bits per heavy atom. The number of nitrogens with zero attached hydrogens (tertiary/aromatic N) is 1. The second kappa shape index (κ2) is 9.28. The van der Waals surface area contributed by atoms with Gasteiger partial charge in [-0.15, -0.1) is 0 Å². The van der Waals surface area contributed by atoms with Gasteiger partial charge in [-0.05, 0) is 11.6 Å². The summed E-state index contributed by atoms with van der Waals surface area (Å²) in [6.07, 6.45) is 1.04. The molecule has 2 rings (SSSR count). The van der Waals surface area contributed by atoms with Crippen LogP contribution in [-0.4, -0.2) is 50.6 Å². The van der Waals surface area contributed by atoms with Crippen LogP contribution < -0.4 is 11.1 Å². The van der Waals surface area contributed by atoms with Crippen LogP contribution in [0.5, 0.6) is 0 Å². The number of amides is 3. The van der Waals surface area contributed by atoms with E-state index in [1.165, 1.54) is 4.90 Å². The maximum Gasteiger partial charge on any atom is 0.326 e. The van der Waals surface area contributed by atoms with Crippen LogP contribution in [0.1, 0.15) is 18.4 Å². The molecule has 1 saturated heterocycles. The predicted octanol–water partition coefficient (Wildman–Crippen LogP) is 0.723. The van der Waals surface area contributed by atoms with Crippen LogP contribution >= 0.6 is 24.0 Å². The summed E-state index contributed by atoms with van der Waals surface area (Å²) >= 11 is 6.33. The third-order valence-electron chi connectivity index (χ3n) is 3.57. The molecule has 0 spiro atoms. The molecule has 3 amide bonds. The van der Waals surface area contributed by atoms with E-state index < -0.39 is 30.2 Å². The SMILES string of the molecule is NC(=O)CC(NC(=O)CCN1C(=O)C(=Cc2ccccc2)SC1=S)C(=O)O. The van der Waals surface area contributed by atoms with E-state index in [4.69, 9.17) is 23.1 Å². The fourth-order valence-electron chi connectivity index (χ4n) is 2.27. The highest BCUT2D eigenvalue weighted by Gasteiger charge is 2.32. The zero-order valence-electron chi connectivity index (χ0n) is 14.1. The minimum atomic E-state index is -1.40. The van der Waals surface area contributed by atoms with Gasteiger partial charge < -0.3 is 16.2 Å². The number of rotatable bonds is 8. The Morgan fingerprint density at radius 3 is 2.56 bits per heavy atom. The van der Waals surface area contributed by atoms with E-state index in [0.717, 1.165) is 17.3 Å². The molecule has 1 atom stereocenters. The number of carboxylic acid groups (broad SMARTS) is 1. The summed E-state index contributed by atoms with van der Waals surface area (Å²) < 4.78 is 0.321. The topological polar surface area (TPSA) is 130 Å². The molecule has 1 aromatic rings. The summed E-state index contributed by atoms with van der Waals surface area (Å²) in [4.78, 5) is 48.1. The summed E-state index contributed by atoms with van der Waals surface area (Å²) in [5.41, 5.74) is 5.82. The molecule has 0 aliphatic carbocycles. The minimum absolute atomic E-state index is 0.00550. The first-order valence-corrected chi connectivity index (χ1v) is 9.11. The van der Waals surface area contributed by atoms with E-state index in [1.807, 2.05) is 30.3 Å². The van der Waals surface area contributed by atoms with Crippen molar-refractivity contribution in [1.82, 2.24) is 10.2 Å². The van der Waals surface area contributed by atoms with Gasteiger partial charge in [-0.2, -0.15) is 0 Å². The number of nitrogens with two attached hydrogens (primary N) is 1. The Bertz CT molecular complexity index is 810. The molecule has 142 valence electrons. The first kappa shape index (κ1) is 20.6. The molecule has 1 unspecified atom stereocenters. The number of primary amides is 1. The number of aliphatic carboxylic acids is 1. The van der Waals surface area contributed by atoms with Gasteiger partial charge in [0, 0.05) is 13.0 Å². The highest BCUT2D eigenvalue weighted by Crippen LogP contribution is 2.32. The molecule has 0 bridgehead atoms. The second-order valence-corrected chi connectivity index (χ2v) is 7.30. The first-order chi connectivity index (χ1) is 12.8. The molecule has 0 aromatic heterocycles. The lowest BCUT2D eigenvalue weighted by atomic mass is 10.2. The Kier molecular flexibility index (Phi) is 7.08. The van der Waals surface area contributed by atoms with Gasteiger partial charge in [0.2, 0.25) is 11.8 Å². The van der Waals surface area contributed by atoms with E-state index in [-0.39, 0.29) is 18.9 Å². The molecule has 27 heavy (non-hydrogen) atoms. The molecule has 1 aromatic carbocycles. The van der Waals surface area contributed by atoms with Crippen molar-refractivity contribution in [2.24, 2.45) is 5.73 Å². The summed E-state index contributed by atoms with van der Waals surface area (Å²) in [7, 11) is 0. The van der Waals surface area contributed by atoms with Crippen LogP contribution in [0.3, 0.4) is 0 Å². The van der Waals surface area contributed by atoms with Gasteiger partial charge >= 0.3 is 5.97 Å². The molecule has 1 aliphatic rings. The van der Waals surface area contributed by atoms with E-state index in [1.54, 1.807) is 6.08 Å². The minimum Gasteiger partial charge on any atom is -0.480 e. The van der Waals surface area contributed by atoms with Crippen molar-refractivity contribution in [3.8, 4) is 0 Å². The number of carboxylic acids is 1. The van der Waals surface area contributed by atoms with Gasteiger partial charge in [0.25, 0.3) is 5.91 Å². The van der Waals surface area contributed by atoms with Crippen molar-refractivity contribution in [3.63, 3.8) is 0 Å². The normalized spacial score (nSPS) is 16.4. The highest BCUT2D eigenvalue weighted by molar-refractivity contribution is 8.26. The Labute approximate surface area is 164 Å². The number of carbonyl (C=O) groups is 4. The number of hydrogen-bond donors (Lipinski definition) is 3. The first-order valence-electron chi connectivity index (χ1n) is 7.89. The lowest BCUT2D eigenvalue weighted by Gasteiger charge is -2.16. The van der Waals surface area contributed by atoms with Crippen LogP contribution in [0, 0.1) is 0 Å². The van der Waals surface area contributed by atoms with Gasteiger partial charge in [0.1, 0.15) is 10.4 Å². The van der Waals surface area contributed by atoms with E-state index in [2.05, 4.69) is 5.32 Å². The van der Waals surface area contributed by atoms with E-state index >= 15 is 0 Å². The van der Waals surface area contributed by atoms with Crippen molar-refractivity contribution < 1.29 is 24.3 Å². The van der Waals surface area contributed by atoms with Crippen LogP contribution in [-0.2, 0) is 19.2 Å². The average Bonchev–Trinajstić information content (AvgIpc) is 2.86. The molecule has 0 saturated carbocycles. The zero-order chi connectivity index (χ0) is 20.0.